The minimum Gasteiger partial charge on any atom is -0.407 e. The molecule has 9 aromatic carbocycles. The van der Waals surface area contributed by atoms with E-state index in [9.17, 15) is 0 Å². The van der Waals surface area contributed by atoms with Gasteiger partial charge in [-0.2, -0.15) is 0 Å². The first-order chi connectivity index (χ1) is 32.4. The van der Waals surface area contributed by atoms with Crippen molar-refractivity contribution in [2.24, 2.45) is 0 Å². The average molecular weight is 857 g/mol. The zero-order valence-electron chi connectivity index (χ0n) is 35.8. The average Bonchev–Trinajstić information content (AvgIpc) is 3.36. The number of hydrogen-bond donors (Lipinski definition) is 4. The van der Waals surface area contributed by atoms with Crippen LogP contribution in [-0.2, 0) is 9.47 Å². The maximum Gasteiger partial charge on any atom is 0.300 e. The van der Waals surface area contributed by atoms with E-state index in [0.29, 0.717) is 0 Å². The van der Waals surface area contributed by atoms with Gasteiger partial charge in [0.15, 0.2) is 0 Å². The largest absolute Gasteiger partial charge is 0.407 e. The van der Waals surface area contributed by atoms with Crippen LogP contribution < -0.4 is 9.80 Å². The Kier molecular flexibility index (Phi) is 12.5. The molecule has 0 aliphatic heterocycles. The van der Waals surface area contributed by atoms with E-state index in [4.69, 9.17) is 31.1 Å². The fourth-order valence-corrected chi connectivity index (χ4v) is 8.08. The van der Waals surface area contributed by atoms with E-state index in [1.807, 2.05) is 158 Å². The molecule has 0 saturated heterocycles. The number of rotatable bonds is 10. The van der Waals surface area contributed by atoms with Gasteiger partial charge in [0.05, 0.1) is 22.7 Å². The van der Waals surface area contributed by atoms with Gasteiger partial charge in [-0.1, -0.05) is 158 Å². The van der Waals surface area contributed by atoms with Crippen molar-refractivity contribution in [2.45, 2.75) is 0 Å². The van der Waals surface area contributed by atoms with Gasteiger partial charge in [0, 0.05) is 12.2 Å². The van der Waals surface area contributed by atoms with E-state index < -0.39 is 0 Å². The Morgan fingerprint density at radius 2 is 0.621 bits per heavy atom. The third-order valence-electron chi connectivity index (χ3n) is 11.0. The highest BCUT2D eigenvalue weighted by Gasteiger charge is 2.21. The van der Waals surface area contributed by atoms with Gasteiger partial charge < -0.3 is 9.47 Å². The van der Waals surface area contributed by atoms with Gasteiger partial charge in [0.2, 0.25) is 11.8 Å². The third kappa shape index (κ3) is 9.29. The van der Waals surface area contributed by atoms with Gasteiger partial charge in [-0.05, 0) is 128 Å². The number of para-hydroxylation sites is 4. The fourth-order valence-electron chi connectivity index (χ4n) is 8.08. The molecule has 8 nitrogen and oxygen atoms in total. The first-order valence-corrected chi connectivity index (χ1v) is 21.4. The molecule has 0 aliphatic rings. The number of ether oxygens (including phenoxy) is 2. The van der Waals surface area contributed by atoms with Gasteiger partial charge >= 0.3 is 12.0 Å². The molecule has 0 amide bonds. The van der Waals surface area contributed by atoms with Gasteiger partial charge in [0.1, 0.15) is 0 Å². The van der Waals surface area contributed by atoms with Crippen LogP contribution >= 0.6 is 0 Å². The molecule has 0 spiro atoms. The van der Waals surface area contributed by atoms with Crippen molar-refractivity contribution >= 4 is 80.3 Å². The van der Waals surface area contributed by atoms with Crippen molar-refractivity contribution in [2.75, 3.05) is 9.80 Å². The molecule has 0 unspecified atom stereocenters. The highest BCUT2D eigenvalue weighted by molar-refractivity contribution is 6.22. The lowest BCUT2D eigenvalue weighted by atomic mass is 9.84. The molecule has 9 aromatic rings. The molecule has 0 saturated carbocycles. The van der Waals surface area contributed by atoms with Crippen LogP contribution in [0.15, 0.2) is 231 Å². The first-order valence-electron chi connectivity index (χ1n) is 21.4. The lowest BCUT2D eigenvalue weighted by Gasteiger charge is -2.24. The zero-order chi connectivity index (χ0) is 45.2. The van der Waals surface area contributed by atoms with Gasteiger partial charge in [-0.15, -0.1) is 0 Å². The van der Waals surface area contributed by atoms with Crippen LogP contribution in [0.25, 0.3) is 56.0 Å². The standard InChI is InChI=1S/C58H44N6O2/c59-53(65-57(61)63(45-23-11-3-12-24-45)46-25-13-4-14-26-46)37-33-41-31-35-49-51(39-41)52-40-42(32-36-50(52)56(44-21-9-2-10-22-44)55(49)43-19-7-1-8-20-43)34-38-54(60)66-58(62)64(47-27-15-5-16-28-47)48-29-17-6-18-30-48/h1-40,59-62H/b37-33+,38-34+,59-53?,60-54?,61-57?,62-58?. The monoisotopic (exact) mass is 856 g/mol. The Morgan fingerprint density at radius 3 is 0.924 bits per heavy atom. The van der Waals surface area contributed by atoms with Crippen molar-refractivity contribution in [3.8, 4) is 22.3 Å². The summed E-state index contributed by atoms with van der Waals surface area (Å²) in [6.07, 6.45) is 6.79. The van der Waals surface area contributed by atoms with Crippen LogP contribution in [-0.4, -0.2) is 23.8 Å². The van der Waals surface area contributed by atoms with Crippen LogP contribution in [0.2, 0.25) is 0 Å². The minimum absolute atomic E-state index is 0.188. The van der Waals surface area contributed by atoms with E-state index in [1.165, 1.54) is 0 Å². The van der Waals surface area contributed by atoms with Crippen LogP contribution in [0.1, 0.15) is 11.1 Å². The molecule has 8 heteroatoms. The Balaban J connectivity index is 1.07. The molecular weight excluding hydrogens is 813 g/mol. The number of benzene rings is 9. The highest BCUT2D eigenvalue weighted by atomic mass is 16.5. The number of nitrogens with zero attached hydrogens (tertiary/aromatic N) is 2. The van der Waals surface area contributed by atoms with Gasteiger partial charge in [-0.25, -0.2) is 0 Å². The molecule has 0 aromatic heterocycles. The summed E-state index contributed by atoms with van der Waals surface area (Å²) < 4.78 is 11.7. The highest BCUT2D eigenvalue weighted by Crippen LogP contribution is 2.45. The molecule has 318 valence electrons. The van der Waals surface area contributed by atoms with E-state index in [0.717, 1.165) is 77.7 Å². The molecule has 0 fully saturated rings. The Hall–Kier alpha value is -9.14. The summed E-state index contributed by atoms with van der Waals surface area (Å²) >= 11 is 0. The van der Waals surface area contributed by atoms with Crippen molar-refractivity contribution in [1.29, 1.82) is 21.6 Å². The predicted molar refractivity (Wildman–Crippen MR) is 274 cm³/mol. The Bertz CT molecular complexity index is 2950. The number of nitrogens with one attached hydrogen (secondary N) is 4. The summed E-state index contributed by atoms with van der Waals surface area (Å²) in [5.41, 5.74) is 9.02. The summed E-state index contributed by atoms with van der Waals surface area (Å²) in [5.74, 6) is -0.376. The SMILES string of the molecule is N=C(/C=C/c1ccc2c(-c3ccccc3)c(-c3ccccc3)c3ccc(/C=C/C(=N)OC(=N)N(c4ccccc4)c4ccccc4)cc3c2c1)OC(=N)N(c1ccccc1)c1ccccc1. The van der Waals surface area contributed by atoms with Crippen molar-refractivity contribution < 1.29 is 9.47 Å². The molecule has 0 atom stereocenters. The molecular formula is C58H44N6O2. The second-order valence-electron chi connectivity index (χ2n) is 15.3. The number of hydrogen-bond acceptors (Lipinski definition) is 6. The van der Waals surface area contributed by atoms with Gasteiger partial charge in [0.25, 0.3) is 0 Å². The number of amidine groups is 2. The second kappa shape index (κ2) is 19.5. The summed E-state index contributed by atoms with van der Waals surface area (Å²) in [4.78, 5) is 3.32. The van der Waals surface area contributed by atoms with E-state index in [2.05, 4.69) is 72.8 Å². The summed E-state index contributed by atoms with van der Waals surface area (Å²) in [6.45, 7) is 0. The molecule has 9 rings (SSSR count). The minimum atomic E-state index is -0.201. The maximum atomic E-state index is 8.92. The van der Waals surface area contributed by atoms with E-state index >= 15 is 0 Å². The summed E-state index contributed by atoms with van der Waals surface area (Å²) in [6, 6.07) is 71.1. The molecule has 0 bridgehead atoms. The molecule has 0 heterocycles. The van der Waals surface area contributed by atoms with Crippen molar-refractivity contribution in [3.05, 3.63) is 242 Å². The van der Waals surface area contributed by atoms with Gasteiger partial charge in [-0.3, -0.25) is 31.4 Å². The first kappa shape index (κ1) is 42.2. The van der Waals surface area contributed by atoms with E-state index in [-0.39, 0.29) is 23.8 Å². The van der Waals surface area contributed by atoms with Crippen LogP contribution in [0, 0.1) is 21.6 Å². The lowest BCUT2D eigenvalue weighted by Crippen LogP contribution is -2.29. The quantitative estimate of drug-likeness (QED) is 0.0622. The van der Waals surface area contributed by atoms with E-state index in [1.54, 1.807) is 22.0 Å². The molecule has 66 heavy (non-hydrogen) atoms. The van der Waals surface area contributed by atoms with Crippen molar-refractivity contribution in [3.63, 3.8) is 0 Å². The Labute approximate surface area is 383 Å². The Morgan fingerprint density at radius 1 is 0.333 bits per heavy atom. The number of anilines is 4. The fraction of sp³-hybridized carbons (Fsp3) is 0. The topological polar surface area (TPSA) is 120 Å². The number of fused-ring (bicyclic) bond motifs is 3. The second-order valence-corrected chi connectivity index (χ2v) is 15.3. The van der Waals surface area contributed by atoms with Crippen LogP contribution in [0.4, 0.5) is 22.7 Å². The zero-order valence-corrected chi connectivity index (χ0v) is 35.8. The van der Waals surface area contributed by atoms with Crippen molar-refractivity contribution in [1.82, 2.24) is 0 Å². The predicted octanol–water partition coefficient (Wildman–Crippen LogP) is 14.9. The lowest BCUT2D eigenvalue weighted by molar-refractivity contribution is 0.527. The normalized spacial score (nSPS) is 11.2. The van der Waals surface area contributed by atoms with Crippen LogP contribution in [0.3, 0.4) is 0 Å². The maximum absolute atomic E-state index is 8.92. The summed E-state index contributed by atoms with van der Waals surface area (Å²) in [7, 11) is 0. The molecule has 4 N–H and O–H groups in total. The van der Waals surface area contributed by atoms with Crippen LogP contribution in [0.5, 0.6) is 0 Å². The smallest absolute Gasteiger partial charge is 0.300 e. The third-order valence-corrected chi connectivity index (χ3v) is 11.0. The molecule has 0 aliphatic carbocycles. The molecule has 0 radical (unpaired) electrons. The summed E-state index contributed by atoms with van der Waals surface area (Å²) in [5, 5.41) is 39.5.